The largest absolute Gasteiger partial charge is 0.345 e. The van der Waals surface area contributed by atoms with Gasteiger partial charge in [-0.25, -0.2) is 9.97 Å². The van der Waals surface area contributed by atoms with Crippen LogP contribution in [-0.2, 0) is 6.42 Å². The highest BCUT2D eigenvalue weighted by Crippen LogP contribution is 2.41. The number of hydrogen-bond acceptors (Lipinski definition) is 2. The van der Waals surface area contributed by atoms with Crippen LogP contribution in [0.2, 0.25) is 5.02 Å². The minimum atomic E-state index is 0.487. The molecule has 1 fully saturated rings. The van der Waals surface area contributed by atoms with Gasteiger partial charge in [0.05, 0.1) is 5.69 Å². The van der Waals surface area contributed by atoms with Crippen LogP contribution in [0, 0.1) is 5.92 Å². The van der Waals surface area contributed by atoms with Gasteiger partial charge in [0, 0.05) is 28.1 Å². The predicted molar refractivity (Wildman–Crippen MR) is 119 cm³/mol. The summed E-state index contributed by atoms with van der Waals surface area (Å²) in [6, 6.07) is 18.9. The van der Waals surface area contributed by atoms with Gasteiger partial charge in [-0.3, -0.25) is 0 Å². The van der Waals surface area contributed by atoms with Gasteiger partial charge >= 0.3 is 0 Å². The molecule has 0 unspecified atom stereocenters. The quantitative estimate of drug-likeness (QED) is 0.408. The summed E-state index contributed by atoms with van der Waals surface area (Å²) in [5.41, 5.74) is 5.80. The van der Waals surface area contributed by atoms with Gasteiger partial charge in [-0.15, -0.1) is 0 Å². The minimum Gasteiger partial charge on any atom is -0.345 e. The highest BCUT2D eigenvalue weighted by atomic mass is 35.5. The van der Waals surface area contributed by atoms with Crippen molar-refractivity contribution in [1.29, 1.82) is 0 Å². The second-order valence-corrected chi connectivity index (χ2v) is 8.54. The average molecular weight is 402 g/mol. The fraction of sp³-hybridized carbons (Fsp3) is 0.280. The summed E-state index contributed by atoms with van der Waals surface area (Å²) < 4.78 is 0. The lowest BCUT2D eigenvalue weighted by atomic mass is 9.77. The number of nitrogens with zero attached hydrogens (tertiary/aromatic N) is 2. The van der Waals surface area contributed by atoms with Gasteiger partial charge < -0.3 is 4.98 Å². The molecule has 0 atom stereocenters. The van der Waals surface area contributed by atoms with E-state index in [0.29, 0.717) is 5.92 Å². The number of halogens is 1. The molecular weight excluding hydrogens is 378 g/mol. The zero-order valence-corrected chi connectivity index (χ0v) is 17.1. The lowest BCUT2D eigenvalue weighted by molar-refractivity contribution is 0.322. The Hall–Kier alpha value is -2.65. The zero-order valence-electron chi connectivity index (χ0n) is 16.3. The topological polar surface area (TPSA) is 41.6 Å². The van der Waals surface area contributed by atoms with Crippen molar-refractivity contribution in [2.45, 2.75) is 38.0 Å². The third-order valence-electron chi connectivity index (χ3n) is 6.24. The summed E-state index contributed by atoms with van der Waals surface area (Å²) in [5.74, 6) is 1.26. The first-order chi connectivity index (χ1) is 14.3. The van der Waals surface area contributed by atoms with Crippen LogP contribution in [-0.4, -0.2) is 15.0 Å². The molecule has 146 valence electrons. The summed E-state index contributed by atoms with van der Waals surface area (Å²) >= 11 is 6.24. The molecule has 0 bridgehead atoms. The van der Waals surface area contributed by atoms with Crippen molar-refractivity contribution in [1.82, 2.24) is 15.0 Å². The smallest absolute Gasteiger partial charge is 0.141 e. The van der Waals surface area contributed by atoms with Gasteiger partial charge in [0.15, 0.2) is 0 Å². The van der Waals surface area contributed by atoms with E-state index in [1.54, 1.807) is 6.33 Å². The third-order valence-corrected chi connectivity index (χ3v) is 6.47. The van der Waals surface area contributed by atoms with Crippen molar-refractivity contribution in [3.63, 3.8) is 0 Å². The van der Waals surface area contributed by atoms with Crippen molar-refractivity contribution in [2.75, 3.05) is 0 Å². The Morgan fingerprint density at radius 1 is 0.931 bits per heavy atom. The minimum absolute atomic E-state index is 0.487. The number of aromatic amines is 1. The van der Waals surface area contributed by atoms with E-state index >= 15 is 0 Å². The molecule has 3 nitrogen and oxygen atoms in total. The van der Waals surface area contributed by atoms with Crippen LogP contribution in [0.5, 0.6) is 0 Å². The van der Waals surface area contributed by atoms with Gasteiger partial charge in [0.1, 0.15) is 12.0 Å². The third kappa shape index (κ3) is 3.79. The molecule has 0 radical (unpaired) electrons. The van der Waals surface area contributed by atoms with E-state index in [9.17, 15) is 0 Å². The number of fused-ring (bicyclic) bond motifs is 1. The molecule has 1 N–H and O–H groups in total. The molecule has 0 spiro atoms. The fourth-order valence-corrected chi connectivity index (χ4v) is 4.96. The number of nitrogens with one attached hydrogen (secondary N) is 1. The molecule has 0 saturated heterocycles. The molecule has 1 saturated carbocycles. The first kappa shape index (κ1) is 18.4. The van der Waals surface area contributed by atoms with Crippen molar-refractivity contribution < 1.29 is 0 Å². The maximum absolute atomic E-state index is 6.24. The predicted octanol–water partition coefficient (Wildman–Crippen LogP) is 6.79. The Balaban J connectivity index is 1.40. The molecule has 5 rings (SSSR count). The van der Waals surface area contributed by atoms with E-state index in [4.69, 9.17) is 16.6 Å². The van der Waals surface area contributed by atoms with Gasteiger partial charge in [0.25, 0.3) is 0 Å². The number of rotatable bonds is 4. The molecule has 0 amide bonds. The number of hydrogen-bond donors (Lipinski definition) is 1. The van der Waals surface area contributed by atoms with Crippen LogP contribution in [0.1, 0.15) is 42.9 Å². The summed E-state index contributed by atoms with van der Waals surface area (Å²) in [7, 11) is 0. The zero-order chi connectivity index (χ0) is 19.6. The first-order valence-electron chi connectivity index (χ1n) is 10.4. The van der Waals surface area contributed by atoms with E-state index in [-0.39, 0.29) is 0 Å². The van der Waals surface area contributed by atoms with E-state index < -0.39 is 0 Å². The van der Waals surface area contributed by atoms with Crippen molar-refractivity contribution >= 4 is 22.6 Å². The summed E-state index contributed by atoms with van der Waals surface area (Å²) in [6.07, 6.45) is 9.80. The van der Waals surface area contributed by atoms with Crippen molar-refractivity contribution in [3.05, 3.63) is 83.4 Å². The van der Waals surface area contributed by atoms with Crippen LogP contribution < -0.4 is 0 Å². The van der Waals surface area contributed by atoms with Crippen molar-refractivity contribution in [3.8, 4) is 11.1 Å². The van der Waals surface area contributed by atoms with Gasteiger partial charge in [-0.2, -0.15) is 0 Å². The second-order valence-electron chi connectivity index (χ2n) is 8.10. The van der Waals surface area contributed by atoms with Crippen LogP contribution >= 0.6 is 11.6 Å². The molecule has 1 aliphatic carbocycles. The molecule has 29 heavy (non-hydrogen) atoms. The lowest BCUT2D eigenvalue weighted by Crippen LogP contribution is -2.16. The number of benzene rings is 2. The van der Waals surface area contributed by atoms with Crippen molar-refractivity contribution in [2.24, 2.45) is 5.92 Å². The maximum atomic E-state index is 6.24. The standard InChI is InChI=1S/C25H24ClN3/c26-21-8-4-7-20(14-21)22-15-27-25-23(22)24(28-16-29-25)19-11-9-18(10-12-19)13-17-5-2-1-3-6-17/h1-8,14-16,18-19H,9-13H2,(H,27,28,29). The fourth-order valence-electron chi connectivity index (χ4n) is 4.77. The monoisotopic (exact) mass is 401 g/mol. The number of aromatic nitrogens is 3. The van der Waals surface area contributed by atoms with Crippen LogP contribution in [0.3, 0.4) is 0 Å². The van der Waals surface area contributed by atoms with E-state index in [0.717, 1.165) is 33.1 Å². The summed E-state index contributed by atoms with van der Waals surface area (Å²) in [4.78, 5) is 12.6. The van der Waals surface area contributed by atoms with Gasteiger partial charge in [-0.1, -0.05) is 54.1 Å². The summed E-state index contributed by atoms with van der Waals surface area (Å²) in [6.45, 7) is 0. The second kappa shape index (κ2) is 8.00. The molecule has 4 aromatic rings. The van der Waals surface area contributed by atoms with Crippen LogP contribution in [0.15, 0.2) is 67.1 Å². The normalized spacial score (nSPS) is 19.5. The Morgan fingerprint density at radius 2 is 1.76 bits per heavy atom. The molecule has 2 aromatic heterocycles. The highest BCUT2D eigenvalue weighted by Gasteiger charge is 2.26. The van der Waals surface area contributed by atoms with Crippen LogP contribution in [0.25, 0.3) is 22.2 Å². The molecular formula is C25H24ClN3. The average Bonchev–Trinajstić information content (AvgIpc) is 3.20. The van der Waals surface area contributed by atoms with Gasteiger partial charge in [0.2, 0.25) is 0 Å². The SMILES string of the molecule is Clc1cccc(-c2c[nH]c3ncnc(C4CCC(Cc5ccccc5)CC4)c23)c1. The van der Waals surface area contributed by atoms with E-state index in [1.165, 1.54) is 43.4 Å². The Bertz CT molecular complexity index is 1110. The molecule has 0 aliphatic heterocycles. The van der Waals surface area contributed by atoms with E-state index in [1.807, 2.05) is 24.4 Å². The maximum Gasteiger partial charge on any atom is 0.141 e. The van der Waals surface area contributed by atoms with E-state index in [2.05, 4.69) is 46.4 Å². The number of H-pyrrole nitrogens is 1. The first-order valence-corrected chi connectivity index (χ1v) is 10.8. The Morgan fingerprint density at radius 3 is 2.55 bits per heavy atom. The molecule has 2 aromatic carbocycles. The van der Waals surface area contributed by atoms with Crippen LogP contribution in [0.4, 0.5) is 0 Å². The lowest BCUT2D eigenvalue weighted by Gasteiger charge is -2.28. The molecule has 4 heteroatoms. The molecule has 1 aliphatic rings. The Kier molecular flexibility index (Phi) is 5.07. The Labute approximate surface area is 176 Å². The molecule has 2 heterocycles. The van der Waals surface area contributed by atoms with Gasteiger partial charge in [-0.05, 0) is 61.3 Å². The summed E-state index contributed by atoms with van der Waals surface area (Å²) in [5, 5.41) is 1.90. The highest BCUT2D eigenvalue weighted by molar-refractivity contribution is 6.30.